The standard InChI is InChI=1S/C22H30N6O4S/c1-3-23-21(29)14-9-22(10-14)11-18(27-32-22)16-12-24-20-17(13-25-28(20)4-2)19(16)26-15-5-7-33(30,31)8-6-15/h11-15,27H,3-10H2,1-2H3,(H,23,29)(H,24,26). The van der Waals surface area contributed by atoms with Crippen LogP contribution in [0.4, 0.5) is 5.69 Å². The van der Waals surface area contributed by atoms with E-state index in [1.165, 1.54) is 0 Å². The van der Waals surface area contributed by atoms with Crippen molar-refractivity contribution in [3.8, 4) is 0 Å². The van der Waals surface area contributed by atoms with Crippen molar-refractivity contribution >= 4 is 38.2 Å². The second-order valence-electron chi connectivity index (χ2n) is 9.14. The number of aryl methyl sites for hydroxylation is 1. The summed E-state index contributed by atoms with van der Waals surface area (Å²) in [5.41, 5.74) is 5.87. The largest absolute Gasteiger partial charge is 0.381 e. The third-order valence-electron chi connectivity index (χ3n) is 6.84. The van der Waals surface area contributed by atoms with Gasteiger partial charge in [0.05, 0.1) is 34.5 Å². The number of carbonyl (C=O) groups excluding carboxylic acids is 1. The number of nitrogens with zero attached hydrogens (tertiary/aromatic N) is 3. The van der Waals surface area contributed by atoms with Crippen molar-refractivity contribution in [1.29, 1.82) is 0 Å². The van der Waals surface area contributed by atoms with Gasteiger partial charge in [0.15, 0.2) is 5.65 Å². The molecule has 4 heterocycles. The maximum atomic E-state index is 12.1. The number of carbonyl (C=O) groups is 1. The minimum Gasteiger partial charge on any atom is -0.381 e. The molecule has 0 bridgehead atoms. The van der Waals surface area contributed by atoms with Gasteiger partial charge in [-0.1, -0.05) is 0 Å². The maximum Gasteiger partial charge on any atom is 0.223 e. The van der Waals surface area contributed by atoms with Crippen LogP contribution in [0.1, 0.15) is 45.1 Å². The third kappa shape index (κ3) is 4.08. The molecule has 1 saturated heterocycles. The van der Waals surface area contributed by atoms with Gasteiger partial charge >= 0.3 is 0 Å². The van der Waals surface area contributed by atoms with Gasteiger partial charge in [0.2, 0.25) is 5.91 Å². The lowest BCUT2D eigenvalue weighted by molar-refractivity contribution is -0.146. The molecule has 10 nitrogen and oxygen atoms in total. The lowest BCUT2D eigenvalue weighted by Crippen LogP contribution is -2.50. The van der Waals surface area contributed by atoms with Crippen LogP contribution in [-0.2, 0) is 26.0 Å². The monoisotopic (exact) mass is 474 g/mol. The molecule has 0 radical (unpaired) electrons. The summed E-state index contributed by atoms with van der Waals surface area (Å²) in [6.45, 7) is 5.25. The number of nitrogens with one attached hydrogen (secondary N) is 3. The minimum atomic E-state index is -2.95. The van der Waals surface area contributed by atoms with E-state index in [0.717, 1.165) is 28.0 Å². The Kier molecular flexibility index (Phi) is 5.56. The molecule has 0 atom stereocenters. The first-order valence-corrected chi connectivity index (χ1v) is 13.4. The van der Waals surface area contributed by atoms with E-state index < -0.39 is 15.4 Å². The van der Waals surface area contributed by atoms with E-state index in [2.05, 4.69) is 26.2 Å². The number of sulfone groups is 1. The molecule has 3 aliphatic rings. The Morgan fingerprint density at radius 1 is 1.27 bits per heavy atom. The average Bonchev–Trinajstić information content (AvgIpc) is 3.39. The van der Waals surface area contributed by atoms with Gasteiger partial charge in [0, 0.05) is 36.8 Å². The van der Waals surface area contributed by atoms with E-state index in [9.17, 15) is 13.2 Å². The van der Waals surface area contributed by atoms with Gasteiger partial charge in [0.25, 0.3) is 0 Å². The molecule has 3 N–H and O–H groups in total. The van der Waals surface area contributed by atoms with E-state index in [-0.39, 0.29) is 29.4 Å². The predicted molar refractivity (Wildman–Crippen MR) is 125 cm³/mol. The van der Waals surface area contributed by atoms with Gasteiger partial charge in [0.1, 0.15) is 15.4 Å². The lowest BCUT2D eigenvalue weighted by Gasteiger charge is -2.40. The van der Waals surface area contributed by atoms with Crippen LogP contribution in [-0.4, -0.2) is 58.8 Å². The number of amides is 1. The van der Waals surface area contributed by atoms with Crippen molar-refractivity contribution in [3.63, 3.8) is 0 Å². The SMILES string of the molecule is CCNC(=O)C1CC2(C=C(c3cnc4c(cnn4CC)c3NC3CCS(=O)(=O)CC3)NO2)C1. The minimum absolute atomic E-state index is 0.0468. The number of pyridine rings is 1. The zero-order chi connectivity index (χ0) is 23.2. The Morgan fingerprint density at radius 3 is 2.73 bits per heavy atom. The molecule has 2 fully saturated rings. The molecule has 2 aliphatic heterocycles. The second-order valence-corrected chi connectivity index (χ2v) is 11.4. The summed E-state index contributed by atoms with van der Waals surface area (Å²) < 4.78 is 25.6. The summed E-state index contributed by atoms with van der Waals surface area (Å²) in [5, 5.41) is 11.8. The van der Waals surface area contributed by atoms with Crippen molar-refractivity contribution in [1.82, 2.24) is 25.6 Å². The summed E-state index contributed by atoms with van der Waals surface area (Å²) in [4.78, 5) is 22.7. The lowest BCUT2D eigenvalue weighted by atomic mass is 9.70. The van der Waals surface area contributed by atoms with Crippen molar-refractivity contribution in [2.45, 2.75) is 57.7 Å². The van der Waals surface area contributed by atoms with Crippen LogP contribution in [0.15, 0.2) is 18.5 Å². The highest BCUT2D eigenvalue weighted by molar-refractivity contribution is 7.91. The van der Waals surface area contributed by atoms with Crippen LogP contribution >= 0.6 is 0 Å². The van der Waals surface area contributed by atoms with Crippen LogP contribution in [0.25, 0.3) is 16.7 Å². The number of aromatic nitrogens is 3. The molecule has 5 rings (SSSR count). The van der Waals surface area contributed by atoms with Crippen LogP contribution in [0.5, 0.6) is 0 Å². The quantitative estimate of drug-likeness (QED) is 0.576. The molecule has 11 heteroatoms. The summed E-state index contributed by atoms with van der Waals surface area (Å²) >= 11 is 0. The molecule has 178 valence electrons. The topological polar surface area (TPSA) is 127 Å². The zero-order valence-corrected chi connectivity index (χ0v) is 19.7. The van der Waals surface area contributed by atoms with E-state index >= 15 is 0 Å². The summed E-state index contributed by atoms with van der Waals surface area (Å²) in [6.07, 6.45) is 8.04. The fraction of sp³-hybridized carbons (Fsp3) is 0.591. The smallest absolute Gasteiger partial charge is 0.223 e. The number of anilines is 1. The molecule has 2 aromatic rings. The van der Waals surface area contributed by atoms with Gasteiger partial charge in [-0.25, -0.2) is 18.1 Å². The number of hydrogen-bond donors (Lipinski definition) is 3. The fourth-order valence-corrected chi connectivity index (χ4v) is 6.44. The first kappa shape index (κ1) is 22.1. The van der Waals surface area contributed by atoms with E-state index in [1.54, 1.807) is 12.4 Å². The van der Waals surface area contributed by atoms with Crippen molar-refractivity contribution < 1.29 is 18.0 Å². The van der Waals surface area contributed by atoms with Crippen molar-refractivity contribution in [2.75, 3.05) is 23.4 Å². The highest BCUT2D eigenvalue weighted by Crippen LogP contribution is 2.47. The first-order chi connectivity index (χ1) is 15.8. The first-order valence-electron chi connectivity index (χ1n) is 11.6. The van der Waals surface area contributed by atoms with Crippen LogP contribution in [0.3, 0.4) is 0 Å². The zero-order valence-electron chi connectivity index (χ0n) is 18.9. The summed E-state index contributed by atoms with van der Waals surface area (Å²) in [6, 6.07) is 0.0468. The van der Waals surface area contributed by atoms with Crippen molar-refractivity contribution in [3.05, 3.63) is 24.0 Å². The molecule has 0 aromatic carbocycles. The fourth-order valence-electron chi connectivity index (χ4n) is 4.95. The highest BCUT2D eigenvalue weighted by atomic mass is 32.2. The Balaban J connectivity index is 1.45. The van der Waals surface area contributed by atoms with E-state index in [4.69, 9.17) is 4.84 Å². The number of hydroxylamine groups is 1. The molecular formula is C22H30N6O4S. The molecule has 1 aliphatic carbocycles. The van der Waals surface area contributed by atoms with Gasteiger partial charge in [-0.2, -0.15) is 5.10 Å². The van der Waals surface area contributed by atoms with Gasteiger partial charge in [-0.05, 0) is 45.6 Å². The summed E-state index contributed by atoms with van der Waals surface area (Å²) in [5.74, 6) is 0.402. The van der Waals surface area contributed by atoms with Gasteiger partial charge in [-0.15, -0.1) is 0 Å². The normalized spacial score (nSPS) is 23.7. The van der Waals surface area contributed by atoms with Crippen LogP contribution < -0.4 is 16.1 Å². The Hall–Kier alpha value is -2.66. The van der Waals surface area contributed by atoms with E-state index in [0.29, 0.717) is 38.8 Å². The predicted octanol–water partition coefficient (Wildman–Crippen LogP) is 1.60. The van der Waals surface area contributed by atoms with Crippen molar-refractivity contribution in [2.24, 2.45) is 5.92 Å². The highest BCUT2D eigenvalue weighted by Gasteiger charge is 2.50. The third-order valence-corrected chi connectivity index (χ3v) is 8.55. The Labute approximate surface area is 193 Å². The molecule has 2 aromatic heterocycles. The maximum absolute atomic E-state index is 12.1. The Morgan fingerprint density at radius 2 is 2.03 bits per heavy atom. The molecule has 1 amide bonds. The average molecular weight is 475 g/mol. The molecule has 1 spiro atoms. The number of hydrogen-bond acceptors (Lipinski definition) is 8. The molecule has 33 heavy (non-hydrogen) atoms. The van der Waals surface area contributed by atoms with Crippen LogP contribution in [0, 0.1) is 5.92 Å². The molecular weight excluding hydrogens is 444 g/mol. The number of fused-ring (bicyclic) bond motifs is 1. The summed E-state index contributed by atoms with van der Waals surface area (Å²) in [7, 11) is -2.95. The van der Waals surface area contributed by atoms with Gasteiger partial charge in [-0.3, -0.25) is 15.1 Å². The molecule has 1 saturated carbocycles. The van der Waals surface area contributed by atoms with E-state index in [1.807, 2.05) is 24.6 Å². The second kappa shape index (κ2) is 8.28. The Bertz CT molecular complexity index is 1200. The van der Waals surface area contributed by atoms with Gasteiger partial charge < -0.3 is 10.6 Å². The number of rotatable bonds is 6. The molecule has 0 unspecified atom stereocenters. The van der Waals surface area contributed by atoms with Crippen LogP contribution in [0.2, 0.25) is 0 Å².